The number of methoxy groups -OCH3 is 1. The molecule has 27 heavy (non-hydrogen) atoms. The summed E-state index contributed by atoms with van der Waals surface area (Å²) >= 11 is 0. The summed E-state index contributed by atoms with van der Waals surface area (Å²) in [5.74, 6) is 2.10. The number of aryl methyl sites for hydroxylation is 1. The molecular formula is C21H31N3O3. The molecule has 0 aliphatic rings. The lowest BCUT2D eigenvalue weighted by molar-refractivity contribution is 0.0437. The summed E-state index contributed by atoms with van der Waals surface area (Å²) in [6.07, 6.45) is 4.71. The van der Waals surface area contributed by atoms with Gasteiger partial charge >= 0.3 is 0 Å². The molecule has 3 N–H and O–H groups in total. The van der Waals surface area contributed by atoms with Gasteiger partial charge in [0, 0.05) is 13.1 Å². The summed E-state index contributed by atoms with van der Waals surface area (Å²) < 4.78 is 10.5. The normalized spacial score (nSPS) is 13.9. The monoisotopic (exact) mass is 373 g/mol. The van der Waals surface area contributed by atoms with Crippen molar-refractivity contribution >= 4 is 5.96 Å². The zero-order chi connectivity index (χ0) is 19.5. The van der Waals surface area contributed by atoms with Crippen LogP contribution in [-0.2, 0) is 12.0 Å². The zero-order valence-electron chi connectivity index (χ0n) is 16.5. The number of nitrogens with one attached hydrogen (secondary N) is 2. The summed E-state index contributed by atoms with van der Waals surface area (Å²) in [5.41, 5.74) is 0.186. The van der Waals surface area contributed by atoms with Gasteiger partial charge in [-0.3, -0.25) is 0 Å². The first-order valence-corrected chi connectivity index (χ1v) is 9.46. The third-order valence-corrected chi connectivity index (χ3v) is 4.29. The summed E-state index contributed by atoms with van der Waals surface area (Å²) in [7, 11) is 1.68. The SMILES string of the molecule is CCNC(=NCC(C)(O)c1ccco1)NCCCCc1ccc(OC)cc1. The van der Waals surface area contributed by atoms with Crippen LogP contribution in [0, 0.1) is 0 Å². The molecule has 2 rings (SSSR count). The number of unbranched alkanes of at least 4 members (excludes halogenated alkanes) is 1. The summed E-state index contributed by atoms with van der Waals surface area (Å²) in [4.78, 5) is 4.49. The number of aliphatic imine (C=N–C) groups is 1. The molecule has 0 saturated heterocycles. The highest BCUT2D eigenvalue weighted by atomic mass is 16.5. The van der Waals surface area contributed by atoms with E-state index in [2.05, 4.69) is 27.8 Å². The van der Waals surface area contributed by atoms with Gasteiger partial charge in [-0.25, -0.2) is 4.99 Å². The van der Waals surface area contributed by atoms with E-state index in [9.17, 15) is 5.11 Å². The van der Waals surface area contributed by atoms with Crippen LogP contribution in [0.2, 0.25) is 0 Å². The maximum Gasteiger partial charge on any atom is 0.191 e. The van der Waals surface area contributed by atoms with Crippen LogP contribution in [0.4, 0.5) is 0 Å². The van der Waals surface area contributed by atoms with Gasteiger partial charge in [0.2, 0.25) is 0 Å². The average Bonchev–Trinajstić information content (AvgIpc) is 3.22. The number of guanidine groups is 1. The van der Waals surface area contributed by atoms with E-state index in [1.807, 2.05) is 19.1 Å². The van der Waals surface area contributed by atoms with E-state index in [4.69, 9.17) is 9.15 Å². The second-order valence-corrected chi connectivity index (χ2v) is 6.68. The van der Waals surface area contributed by atoms with Crippen molar-refractivity contribution in [2.75, 3.05) is 26.7 Å². The van der Waals surface area contributed by atoms with E-state index in [1.165, 1.54) is 5.56 Å². The Morgan fingerprint density at radius 2 is 1.96 bits per heavy atom. The average molecular weight is 373 g/mol. The minimum atomic E-state index is -1.12. The van der Waals surface area contributed by atoms with Crippen molar-refractivity contribution < 1.29 is 14.3 Å². The van der Waals surface area contributed by atoms with Crippen LogP contribution >= 0.6 is 0 Å². The van der Waals surface area contributed by atoms with E-state index in [1.54, 1.807) is 32.4 Å². The Balaban J connectivity index is 1.74. The molecule has 0 bridgehead atoms. The van der Waals surface area contributed by atoms with Gasteiger partial charge in [0.1, 0.15) is 17.1 Å². The smallest absolute Gasteiger partial charge is 0.191 e. The standard InChI is InChI=1S/C21H31N3O3/c1-4-22-20(24-16-21(2,25)19-9-7-15-27-19)23-14-6-5-8-17-10-12-18(26-3)13-11-17/h7,9-13,15,25H,4-6,8,14,16H2,1-3H3,(H2,22,23,24). The van der Waals surface area contributed by atoms with E-state index < -0.39 is 5.60 Å². The van der Waals surface area contributed by atoms with Crippen LogP contribution < -0.4 is 15.4 Å². The van der Waals surface area contributed by atoms with Crippen LogP contribution in [0.1, 0.15) is 38.0 Å². The van der Waals surface area contributed by atoms with Crippen LogP contribution in [0.25, 0.3) is 0 Å². The van der Waals surface area contributed by atoms with Crippen molar-refractivity contribution in [2.24, 2.45) is 4.99 Å². The van der Waals surface area contributed by atoms with Crippen molar-refractivity contribution in [1.82, 2.24) is 10.6 Å². The Morgan fingerprint density at radius 1 is 1.19 bits per heavy atom. The minimum absolute atomic E-state index is 0.224. The molecule has 1 aromatic carbocycles. The zero-order valence-corrected chi connectivity index (χ0v) is 16.5. The number of hydrogen-bond acceptors (Lipinski definition) is 4. The van der Waals surface area contributed by atoms with Crippen molar-refractivity contribution in [3.63, 3.8) is 0 Å². The number of rotatable bonds is 10. The number of furan rings is 1. The molecule has 2 aromatic rings. The molecule has 1 unspecified atom stereocenters. The van der Waals surface area contributed by atoms with Crippen LogP contribution in [-0.4, -0.2) is 37.8 Å². The van der Waals surface area contributed by atoms with Gasteiger partial charge in [-0.1, -0.05) is 12.1 Å². The fourth-order valence-electron chi connectivity index (χ4n) is 2.69. The molecule has 1 atom stereocenters. The molecule has 6 heteroatoms. The minimum Gasteiger partial charge on any atom is -0.497 e. The van der Waals surface area contributed by atoms with E-state index in [0.717, 1.165) is 38.1 Å². The van der Waals surface area contributed by atoms with Gasteiger partial charge in [0.05, 0.1) is 19.9 Å². The van der Waals surface area contributed by atoms with Crippen LogP contribution in [0.5, 0.6) is 5.75 Å². The van der Waals surface area contributed by atoms with Crippen LogP contribution in [0.15, 0.2) is 52.1 Å². The molecule has 1 heterocycles. The maximum absolute atomic E-state index is 10.5. The largest absolute Gasteiger partial charge is 0.497 e. The highest BCUT2D eigenvalue weighted by molar-refractivity contribution is 5.79. The molecule has 0 spiro atoms. The lowest BCUT2D eigenvalue weighted by Gasteiger charge is -2.19. The Labute approximate surface area is 161 Å². The summed E-state index contributed by atoms with van der Waals surface area (Å²) in [6, 6.07) is 11.7. The second-order valence-electron chi connectivity index (χ2n) is 6.68. The first-order chi connectivity index (χ1) is 13.0. The molecule has 0 aliphatic carbocycles. The first kappa shape index (κ1) is 20.8. The number of benzene rings is 1. The van der Waals surface area contributed by atoms with E-state index in [-0.39, 0.29) is 6.54 Å². The first-order valence-electron chi connectivity index (χ1n) is 9.46. The summed E-state index contributed by atoms with van der Waals surface area (Å²) in [6.45, 7) is 5.53. The highest BCUT2D eigenvalue weighted by Crippen LogP contribution is 2.21. The predicted molar refractivity (Wildman–Crippen MR) is 108 cm³/mol. The Kier molecular flexibility index (Phi) is 8.20. The van der Waals surface area contributed by atoms with E-state index >= 15 is 0 Å². The molecule has 6 nitrogen and oxygen atoms in total. The fraction of sp³-hybridized carbons (Fsp3) is 0.476. The highest BCUT2D eigenvalue weighted by Gasteiger charge is 2.25. The molecule has 1 aromatic heterocycles. The quantitative estimate of drug-likeness (QED) is 0.339. The molecule has 0 fully saturated rings. The van der Waals surface area contributed by atoms with Gasteiger partial charge in [-0.2, -0.15) is 0 Å². The number of aliphatic hydroxyl groups is 1. The lowest BCUT2D eigenvalue weighted by atomic mass is 10.0. The number of ether oxygens (including phenoxy) is 1. The third kappa shape index (κ3) is 6.98. The van der Waals surface area contributed by atoms with E-state index in [0.29, 0.717) is 11.7 Å². The summed E-state index contributed by atoms with van der Waals surface area (Å²) in [5, 5.41) is 17.0. The Bertz CT molecular complexity index is 679. The van der Waals surface area contributed by atoms with Crippen molar-refractivity contribution in [3.05, 3.63) is 54.0 Å². The van der Waals surface area contributed by atoms with Crippen molar-refractivity contribution in [1.29, 1.82) is 0 Å². The molecule has 0 radical (unpaired) electrons. The maximum atomic E-state index is 10.5. The second kappa shape index (κ2) is 10.6. The molecule has 0 aliphatic heterocycles. The molecular weight excluding hydrogens is 342 g/mol. The van der Waals surface area contributed by atoms with Gasteiger partial charge in [0.15, 0.2) is 5.96 Å². The van der Waals surface area contributed by atoms with Crippen molar-refractivity contribution in [2.45, 2.75) is 38.7 Å². The van der Waals surface area contributed by atoms with Gasteiger partial charge in [-0.05, 0) is 62.9 Å². The van der Waals surface area contributed by atoms with Crippen LogP contribution in [0.3, 0.4) is 0 Å². The predicted octanol–water partition coefficient (Wildman–Crippen LogP) is 3.07. The topological polar surface area (TPSA) is 79.0 Å². The number of nitrogens with zero attached hydrogens (tertiary/aromatic N) is 1. The van der Waals surface area contributed by atoms with Crippen molar-refractivity contribution in [3.8, 4) is 5.75 Å². The van der Waals surface area contributed by atoms with Gasteiger partial charge in [0.25, 0.3) is 0 Å². The number of hydrogen-bond donors (Lipinski definition) is 3. The molecule has 0 amide bonds. The lowest BCUT2D eigenvalue weighted by Crippen LogP contribution is -2.39. The third-order valence-electron chi connectivity index (χ3n) is 4.29. The molecule has 0 saturated carbocycles. The molecule has 148 valence electrons. The van der Waals surface area contributed by atoms with Gasteiger partial charge < -0.3 is 24.9 Å². The van der Waals surface area contributed by atoms with Gasteiger partial charge in [-0.15, -0.1) is 0 Å². The fourth-order valence-corrected chi connectivity index (χ4v) is 2.69. The Hall–Kier alpha value is -2.47. The Morgan fingerprint density at radius 3 is 2.59 bits per heavy atom.